The summed E-state index contributed by atoms with van der Waals surface area (Å²) >= 11 is 1.53. The summed E-state index contributed by atoms with van der Waals surface area (Å²) in [5, 5.41) is 3.72. The quantitative estimate of drug-likeness (QED) is 0.223. The van der Waals surface area contributed by atoms with E-state index in [2.05, 4.69) is 41.0 Å². The summed E-state index contributed by atoms with van der Waals surface area (Å²) < 4.78 is 4.79. The summed E-state index contributed by atoms with van der Waals surface area (Å²) in [5.41, 5.74) is 6.27. The van der Waals surface area contributed by atoms with E-state index < -0.39 is 0 Å². The van der Waals surface area contributed by atoms with Crippen molar-refractivity contribution < 1.29 is 0 Å². The van der Waals surface area contributed by atoms with Crippen molar-refractivity contribution in [3.63, 3.8) is 0 Å². The number of nitrogens with zero attached hydrogens (tertiary/aromatic N) is 5. The Kier molecular flexibility index (Phi) is 4.54. The predicted octanol–water partition coefficient (Wildman–Crippen LogP) is 7.77. The van der Waals surface area contributed by atoms with Crippen molar-refractivity contribution >= 4 is 70.1 Å². The van der Waals surface area contributed by atoms with Gasteiger partial charge in [-0.1, -0.05) is 90.2 Å². The smallest absolute Gasteiger partial charge is 0.266 e. The Balaban J connectivity index is 1.42. The minimum absolute atomic E-state index is 0.0506. The van der Waals surface area contributed by atoms with Crippen LogP contribution in [0.15, 0.2) is 120 Å². The molecule has 0 atom stereocenters. The van der Waals surface area contributed by atoms with Gasteiger partial charge in [0.25, 0.3) is 5.56 Å². The topological polar surface area (TPSA) is 65.1 Å². The Bertz CT molecular complexity index is 2560. The van der Waals surface area contributed by atoms with Gasteiger partial charge in [0, 0.05) is 26.4 Å². The summed E-state index contributed by atoms with van der Waals surface area (Å²) in [4.78, 5) is 29.5. The summed E-state index contributed by atoms with van der Waals surface area (Å²) in [5.74, 6) is 0.593. The molecule has 0 radical (unpaired) electrons. The highest BCUT2D eigenvalue weighted by molar-refractivity contribution is 7.23. The van der Waals surface area contributed by atoms with Crippen molar-refractivity contribution in [2.75, 3.05) is 0 Å². The number of para-hydroxylation sites is 2. The van der Waals surface area contributed by atoms with Gasteiger partial charge in [-0.05, 0) is 36.4 Å². The molecule has 41 heavy (non-hydrogen) atoms. The third-order valence-corrected chi connectivity index (χ3v) is 8.82. The van der Waals surface area contributed by atoms with Crippen LogP contribution in [0, 0.1) is 0 Å². The van der Waals surface area contributed by atoms with E-state index in [9.17, 15) is 4.79 Å². The average molecular weight is 546 g/mol. The monoisotopic (exact) mass is 545 g/mol. The van der Waals surface area contributed by atoms with Crippen LogP contribution in [0.3, 0.4) is 0 Å². The molecule has 0 N–H and O–H groups in total. The highest BCUT2D eigenvalue weighted by Gasteiger charge is 2.21. The molecular formula is C34H19N5OS. The molecule has 0 saturated heterocycles. The Labute approximate surface area is 236 Å². The van der Waals surface area contributed by atoms with Crippen LogP contribution in [0.2, 0.25) is 0 Å². The Morgan fingerprint density at radius 3 is 2.17 bits per heavy atom. The van der Waals surface area contributed by atoms with Crippen LogP contribution in [0.4, 0.5) is 0 Å². The van der Waals surface area contributed by atoms with E-state index in [-0.39, 0.29) is 5.56 Å². The first-order chi connectivity index (χ1) is 20.3. The van der Waals surface area contributed by atoms with Crippen molar-refractivity contribution in [3.05, 3.63) is 126 Å². The molecule has 4 aromatic heterocycles. The zero-order valence-corrected chi connectivity index (χ0v) is 22.3. The molecule has 5 aromatic carbocycles. The van der Waals surface area contributed by atoms with Gasteiger partial charge in [-0.3, -0.25) is 9.36 Å². The largest absolute Gasteiger partial charge is 0.278 e. The molecule has 9 aromatic rings. The molecule has 0 aliphatic carbocycles. The lowest BCUT2D eigenvalue weighted by molar-refractivity contribution is 1.01. The Morgan fingerprint density at radius 1 is 0.585 bits per heavy atom. The highest BCUT2D eigenvalue weighted by atomic mass is 32.1. The van der Waals surface area contributed by atoms with Crippen molar-refractivity contribution in [1.82, 2.24) is 23.9 Å². The maximum Gasteiger partial charge on any atom is 0.266 e. The van der Waals surface area contributed by atoms with Gasteiger partial charge in [0.1, 0.15) is 5.52 Å². The van der Waals surface area contributed by atoms with Crippen molar-refractivity contribution in [3.8, 4) is 17.2 Å². The average Bonchev–Trinajstić information content (AvgIpc) is 3.57. The summed E-state index contributed by atoms with van der Waals surface area (Å²) in [6.07, 6.45) is 0. The van der Waals surface area contributed by atoms with Crippen LogP contribution in [-0.2, 0) is 0 Å². The van der Waals surface area contributed by atoms with Crippen molar-refractivity contribution in [1.29, 1.82) is 0 Å². The van der Waals surface area contributed by atoms with Gasteiger partial charge in [0.15, 0.2) is 4.96 Å². The molecule has 0 amide bonds. The van der Waals surface area contributed by atoms with Gasteiger partial charge in [-0.2, -0.15) is 0 Å². The molecule has 0 fully saturated rings. The molecule has 6 nitrogen and oxygen atoms in total. The second kappa shape index (κ2) is 8.30. The lowest BCUT2D eigenvalue weighted by Gasteiger charge is -2.11. The van der Waals surface area contributed by atoms with Gasteiger partial charge in [0.05, 0.1) is 33.1 Å². The van der Waals surface area contributed by atoms with Gasteiger partial charge in [0.2, 0.25) is 5.95 Å². The Hall–Kier alpha value is -5.40. The van der Waals surface area contributed by atoms with Gasteiger partial charge in [-0.25, -0.2) is 19.4 Å². The van der Waals surface area contributed by atoms with Crippen LogP contribution in [0.5, 0.6) is 0 Å². The first-order valence-electron chi connectivity index (χ1n) is 13.3. The maximum atomic E-state index is 13.6. The first kappa shape index (κ1) is 22.4. The van der Waals surface area contributed by atoms with Crippen LogP contribution in [0.1, 0.15) is 0 Å². The Morgan fingerprint density at radius 2 is 1.29 bits per heavy atom. The van der Waals surface area contributed by atoms with E-state index in [0.29, 0.717) is 16.3 Å². The molecule has 0 spiro atoms. The second-order valence-corrected chi connectivity index (χ2v) is 11.1. The number of imidazole rings is 1. The first-order valence-corrected chi connectivity index (χ1v) is 14.2. The number of fused-ring (bicyclic) bond motifs is 9. The molecule has 9 rings (SSSR count). The van der Waals surface area contributed by atoms with Crippen molar-refractivity contribution in [2.45, 2.75) is 0 Å². The molecule has 7 heteroatoms. The molecule has 0 saturated carbocycles. The normalized spacial score (nSPS) is 12.0. The summed E-state index contributed by atoms with van der Waals surface area (Å²) in [6.45, 7) is 0. The number of hydrogen-bond acceptors (Lipinski definition) is 5. The predicted molar refractivity (Wildman–Crippen MR) is 167 cm³/mol. The van der Waals surface area contributed by atoms with E-state index in [0.717, 1.165) is 59.7 Å². The molecule has 0 aliphatic heterocycles. The van der Waals surface area contributed by atoms with E-state index in [1.165, 1.54) is 11.3 Å². The maximum absolute atomic E-state index is 13.6. The van der Waals surface area contributed by atoms with E-state index in [4.69, 9.17) is 15.0 Å². The fourth-order valence-corrected chi connectivity index (χ4v) is 7.00. The molecule has 0 aliphatic rings. The minimum atomic E-state index is -0.0506. The van der Waals surface area contributed by atoms with Gasteiger partial charge >= 0.3 is 0 Å². The van der Waals surface area contributed by atoms with E-state index >= 15 is 0 Å². The van der Waals surface area contributed by atoms with Crippen molar-refractivity contribution in [2.24, 2.45) is 0 Å². The zero-order chi connectivity index (χ0) is 27.1. The number of aromatic nitrogens is 5. The molecule has 4 heterocycles. The van der Waals surface area contributed by atoms with Gasteiger partial charge < -0.3 is 0 Å². The van der Waals surface area contributed by atoms with E-state index in [1.807, 2.05) is 78.9 Å². The van der Waals surface area contributed by atoms with Crippen LogP contribution >= 0.6 is 11.3 Å². The minimum Gasteiger partial charge on any atom is -0.278 e. The fraction of sp³-hybridized carbons (Fsp3) is 0. The number of benzene rings is 5. The number of hydrogen-bond donors (Lipinski definition) is 0. The lowest BCUT2D eigenvalue weighted by Crippen LogP contribution is -2.11. The van der Waals surface area contributed by atoms with Crippen LogP contribution in [0.25, 0.3) is 76.0 Å². The molecule has 0 unspecified atom stereocenters. The summed E-state index contributed by atoms with van der Waals surface area (Å²) in [6, 6.07) is 38.4. The van der Waals surface area contributed by atoms with Crippen LogP contribution < -0.4 is 5.56 Å². The highest BCUT2D eigenvalue weighted by Crippen LogP contribution is 2.37. The second-order valence-electron chi connectivity index (χ2n) is 10.1. The summed E-state index contributed by atoms with van der Waals surface area (Å²) in [7, 11) is 0. The van der Waals surface area contributed by atoms with Gasteiger partial charge in [-0.15, -0.1) is 0 Å². The standard InChI is InChI=1S/C34H19N5OS/c40-32-23-14-6-9-17-28(23)41-34-37-31-27(39(32)34)19-18-26-29(31)22-13-5-8-16-25(22)38(26)33-35-24-15-7-4-12-21(24)30(36-33)20-10-2-1-3-11-20/h1-19H. The lowest BCUT2D eigenvalue weighted by atomic mass is 10.1. The molecular weight excluding hydrogens is 526 g/mol. The number of rotatable bonds is 2. The fourth-order valence-electron chi connectivity index (χ4n) is 5.99. The third kappa shape index (κ3) is 3.12. The van der Waals surface area contributed by atoms with E-state index in [1.54, 1.807) is 4.40 Å². The third-order valence-electron chi connectivity index (χ3n) is 7.79. The van der Waals surface area contributed by atoms with Crippen LogP contribution in [-0.4, -0.2) is 23.9 Å². The zero-order valence-electron chi connectivity index (χ0n) is 21.5. The molecule has 192 valence electrons. The molecule has 0 bridgehead atoms. The SMILES string of the molecule is O=c1c2ccccc2sc2nc3c4c5ccccc5n(-c5nc(-c6ccccc6)c6ccccc6n5)c4ccc3n12.